The van der Waals surface area contributed by atoms with Gasteiger partial charge in [-0.15, -0.1) is 6.58 Å². The zero-order valence-electron chi connectivity index (χ0n) is 11.6. The Labute approximate surface area is 118 Å². The van der Waals surface area contributed by atoms with Gasteiger partial charge in [0.1, 0.15) is 6.04 Å². The highest BCUT2D eigenvalue weighted by Gasteiger charge is 2.19. The van der Waals surface area contributed by atoms with Crippen LogP contribution in [0.25, 0.3) is 0 Å². The summed E-state index contributed by atoms with van der Waals surface area (Å²) in [5.74, 6) is -1.05. The van der Waals surface area contributed by atoms with Crippen LogP contribution < -0.4 is 10.6 Å². The number of amides is 2. The third-order valence-corrected chi connectivity index (χ3v) is 2.72. The Morgan fingerprint density at radius 2 is 1.95 bits per heavy atom. The molecule has 0 radical (unpaired) electrons. The molecule has 1 atom stereocenters. The standard InChI is InChI=1S/C15H20N2O3/c1-11(2)8-9-16-15(20)17-13(14(18)19)10-12-6-4-3-5-7-12/h3-7,13H,1,8-10H2,2H3,(H,18,19)(H2,16,17,20). The van der Waals surface area contributed by atoms with Crippen molar-refractivity contribution in [3.63, 3.8) is 0 Å². The zero-order chi connectivity index (χ0) is 15.0. The van der Waals surface area contributed by atoms with Crippen molar-refractivity contribution in [2.24, 2.45) is 0 Å². The van der Waals surface area contributed by atoms with Gasteiger partial charge in [0, 0.05) is 13.0 Å². The Hall–Kier alpha value is -2.30. The summed E-state index contributed by atoms with van der Waals surface area (Å²) < 4.78 is 0. The summed E-state index contributed by atoms with van der Waals surface area (Å²) in [5.41, 5.74) is 1.83. The fourth-order valence-corrected chi connectivity index (χ4v) is 1.65. The molecule has 2 amide bonds. The van der Waals surface area contributed by atoms with Crippen LogP contribution in [0.15, 0.2) is 42.5 Å². The number of carboxylic acid groups (broad SMARTS) is 1. The summed E-state index contributed by atoms with van der Waals surface area (Å²) in [6.45, 7) is 6.04. The number of urea groups is 1. The van der Waals surface area contributed by atoms with Gasteiger partial charge >= 0.3 is 12.0 Å². The van der Waals surface area contributed by atoms with E-state index in [0.29, 0.717) is 13.0 Å². The molecule has 0 aromatic heterocycles. The van der Waals surface area contributed by atoms with E-state index >= 15 is 0 Å². The molecule has 0 saturated heterocycles. The average molecular weight is 276 g/mol. The van der Waals surface area contributed by atoms with Crippen LogP contribution in [0.5, 0.6) is 0 Å². The molecule has 0 saturated carbocycles. The van der Waals surface area contributed by atoms with E-state index in [2.05, 4.69) is 17.2 Å². The van der Waals surface area contributed by atoms with E-state index in [9.17, 15) is 9.59 Å². The minimum Gasteiger partial charge on any atom is -0.480 e. The van der Waals surface area contributed by atoms with Crippen LogP contribution in [0.2, 0.25) is 0 Å². The summed E-state index contributed by atoms with van der Waals surface area (Å²) in [5, 5.41) is 14.2. The first-order valence-corrected chi connectivity index (χ1v) is 6.44. The van der Waals surface area contributed by atoms with Crippen molar-refractivity contribution in [2.75, 3.05) is 6.54 Å². The highest BCUT2D eigenvalue weighted by molar-refractivity contribution is 5.82. The summed E-state index contributed by atoms with van der Waals surface area (Å²) in [6, 6.07) is 7.77. The van der Waals surface area contributed by atoms with Gasteiger partial charge in [-0.1, -0.05) is 35.9 Å². The lowest BCUT2D eigenvalue weighted by atomic mass is 10.1. The second-order valence-electron chi connectivity index (χ2n) is 4.69. The van der Waals surface area contributed by atoms with Crippen LogP contribution in [-0.4, -0.2) is 29.7 Å². The molecular formula is C15H20N2O3. The molecule has 5 nitrogen and oxygen atoms in total. The van der Waals surface area contributed by atoms with Crippen LogP contribution in [0, 0.1) is 0 Å². The van der Waals surface area contributed by atoms with Gasteiger partial charge in [-0.3, -0.25) is 0 Å². The molecule has 108 valence electrons. The molecule has 5 heteroatoms. The molecule has 0 aliphatic rings. The van der Waals surface area contributed by atoms with E-state index in [-0.39, 0.29) is 6.42 Å². The molecule has 0 spiro atoms. The molecule has 1 aromatic rings. The van der Waals surface area contributed by atoms with Crippen molar-refractivity contribution in [3.8, 4) is 0 Å². The molecule has 1 rings (SSSR count). The second-order valence-corrected chi connectivity index (χ2v) is 4.69. The third-order valence-electron chi connectivity index (χ3n) is 2.72. The highest BCUT2D eigenvalue weighted by atomic mass is 16.4. The lowest BCUT2D eigenvalue weighted by Crippen LogP contribution is -2.47. The molecule has 0 heterocycles. The normalized spacial score (nSPS) is 11.4. The van der Waals surface area contributed by atoms with Crippen molar-refractivity contribution in [3.05, 3.63) is 48.0 Å². The Morgan fingerprint density at radius 1 is 1.30 bits per heavy atom. The van der Waals surface area contributed by atoms with Gasteiger partial charge in [0.15, 0.2) is 0 Å². The van der Waals surface area contributed by atoms with Crippen LogP contribution >= 0.6 is 0 Å². The van der Waals surface area contributed by atoms with Crippen molar-refractivity contribution < 1.29 is 14.7 Å². The number of rotatable bonds is 7. The number of carbonyl (C=O) groups is 2. The maximum atomic E-state index is 11.6. The van der Waals surface area contributed by atoms with Gasteiger partial charge in [0.2, 0.25) is 0 Å². The average Bonchev–Trinajstić information content (AvgIpc) is 2.38. The lowest BCUT2D eigenvalue weighted by molar-refractivity contribution is -0.139. The van der Waals surface area contributed by atoms with E-state index in [1.54, 1.807) is 0 Å². The van der Waals surface area contributed by atoms with Crippen molar-refractivity contribution >= 4 is 12.0 Å². The molecule has 3 N–H and O–H groups in total. The Balaban J connectivity index is 2.49. The van der Waals surface area contributed by atoms with Gasteiger partial charge < -0.3 is 15.7 Å². The predicted octanol–water partition coefficient (Wildman–Crippen LogP) is 1.95. The Bertz CT molecular complexity index is 471. The molecular weight excluding hydrogens is 256 g/mol. The van der Waals surface area contributed by atoms with Crippen molar-refractivity contribution in [1.82, 2.24) is 10.6 Å². The van der Waals surface area contributed by atoms with Crippen molar-refractivity contribution in [1.29, 1.82) is 0 Å². The SMILES string of the molecule is C=C(C)CCNC(=O)NC(Cc1ccccc1)C(=O)O. The number of nitrogens with one attached hydrogen (secondary N) is 2. The quantitative estimate of drug-likeness (QED) is 0.666. The lowest BCUT2D eigenvalue weighted by Gasteiger charge is -2.15. The van der Waals surface area contributed by atoms with Crippen LogP contribution in [0.4, 0.5) is 4.79 Å². The van der Waals surface area contributed by atoms with Gasteiger partial charge in [0.05, 0.1) is 0 Å². The number of hydrogen-bond donors (Lipinski definition) is 3. The molecule has 0 aliphatic heterocycles. The first-order valence-electron chi connectivity index (χ1n) is 6.44. The summed E-state index contributed by atoms with van der Waals surface area (Å²) in [7, 11) is 0. The van der Waals surface area contributed by atoms with E-state index in [1.807, 2.05) is 37.3 Å². The predicted molar refractivity (Wildman–Crippen MR) is 77.5 cm³/mol. The summed E-state index contributed by atoms with van der Waals surface area (Å²) in [4.78, 5) is 22.8. The smallest absolute Gasteiger partial charge is 0.326 e. The highest BCUT2D eigenvalue weighted by Crippen LogP contribution is 2.03. The fourth-order valence-electron chi connectivity index (χ4n) is 1.65. The maximum Gasteiger partial charge on any atom is 0.326 e. The number of benzene rings is 1. The van der Waals surface area contributed by atoms with Gasteiger partial charge in [0.25, 0.3) is 0 Å². The molecule has 0 bridgehead atoms. The Kier molecular flexibility index (Phi) is 6.29. The number of carbonyl (C=O) groups excluding carboxylic acids is 1. The molecule has 20 heavy (non-hydrogen) atoms. The number of aliphatic carboxylic acids is 1. The molecule has 1 aromatic carbocycles. The van der Waals surface area contributed by atoms with Gasteiger partial charge in [-0.05, 0) is 18.9 Å². The number of carboxylic acids is 1. The van der Waals surface area contributed by atoms with Crippen LogP contribution in [-0.2, 0) is 11.2 Å². The monoisotopic (exact) mass is 276 g/mol. The van der Waals surface area contributed by atoms with E-state index < -0.39 is 18.0 Å². The van der Waals surface area contributed by atoms with Crippen LogP contribution in [0.1, 0.15) is 18.9 Å². The van der Waals surface area contributed by atoms with Gasteiger partial charge in [-0.25, -0.2) is 9.59 Å². The van der Waals surface area contributed by atoms with Crippen LogP contribution in [0.3, 0.4) is 0 Å². The number of hydrogen-bond acceptors (Lipinski definition) is 2. The first kappa shape index (κ1) is 15.8. The molecule has 0 fully saturated rings. The molecule has 0 aliphatic carbocycles. The fraction of sp³-hybridized carbons (Fsp3) is 0.333. The molecule has 1 unspecified atom stereocenters. The zero-order valence-corrected chi connectivity index (χ0v) is 11.6. The topological polar surface area (TPSA) is 78.4 Å². The summed E-state index contributed by atoms with van der Waals surface area (Å²) >= 11 is 0. The third kappa shape index (κ3) is 6.04. The van der Waals surface area contributed by atoms with E-state index in [1.165, 1.54) is 0 Å². The largest absolute Gasteiger partial charge is 0.480 e. The summed E-state index contributed by atoms with van der Waals surface area (Å²) in [6.07, 6.45) is 0.925. The van der Waals surface area contributed by atoms with Crippen molar-refractivity contribution in [2.45, 2.75) is 25.8 Å². The van der Waals surface area contributed by atoms with E-state index in [0.717, 1.165) is 11.1 Å². The minimum atomic E-state index is -1.05. The second kappa shape index (κ2) is 7.99. The maximum absolute atomic E-state index is 11.6. The minimum absolute atomic E-state index is 0.254. The van der Waals surface area contributed by atoms with Gasteiger partial charge in [-0.2, -0.15) is 0 Å². The Morgan fingerprint density at radius 3 is 2.50 bits per heavy atom. The first-order chi connectivity index (χ1) is 9.49. The van der Waals surface area contributed by atoms with E-state index in [4.69, 9.17) is 5.11 Å².